The molecule has 128 valence electrons. The molecule has 0 saturated heterocycles. The first-order chi connectivity index (χ1) is 10.8. The van der Waals surface area contributed by atoms with Gasteiger partial charge in [0.05, 0.1) is 25.8 Å². The minimum atomic E-state index is -4.08. The summed E-state index contributed by atoms with van der Waals surface area (Å²) in [6.45, 7) is 0. The molecule has 2 rings (SSSR count). The molecule has 1 aliphatic carbocycles. The lowest BCUT2D eigenvalue weighted by Gasteiger charge is -2.28. The molecule has 1 aromatic heterocycles. The molecular formula is C16H21F3N2O2. The van der Waals surface area contributed by atoms with Crippen molar-refractivity contribution in [2.75, 3.05) is 20.0 Å². The monoisotopic (exact) mass is 330 g/mol. The fraction of sp³-hybridized carbons (Fsp3) is 0.562. The number of alkyl halides is 3. The fourth-order valence-corrected chi connectivity index (χ4v) is 2.84. The number of nitrogens with zero attached hydrogens (tertiary/aromatic N) is 1. The highest BCUT2D eigenvalue weighted by Crippen LogP contribution is 2.40. The normalized spacial score (nSPS) is 22.3. The van der Waals surface area contributed by atoms with E-state index >= 15 is 0 Å². The molecule has 0 aliphatic heterocycles. The van der Waals surface area contributed by atoms with Crippen LogP contribution in [0.4, 0.5) is 18.9 Å². The van der Waals surface area contributed by atoms with Crippen LogP contribution in [0.5, 0.6) is 11.8 Å². The van der Waals surface area contributed by atoms with E-state index in [4.69, 9.17) is 15.2 Å². The number of pyridine rings is 1. The van der Waals surface area contributed by atoms with E-state index in [1.54, 1.807) is 12.1 Å². The van der Waals surface area contributed by atoms with Gasteiger partial charge in [0.1, 0.15) is 0 Å². The third-order valence-corrected chi connectivity index (χ3v) is 4.18. The van der Waals surface area contributed by atoms with Crippen molar-refractivity contribution < 1.29 is 22.6 Å². The Morgan fingerprint density at radius 3 is 2.26 bits per heavy atom. The van der Waals surface area contributed by atoms with E-state index in [1.807, 2.05) is 6.08 Å². The lowest BCUT2D eigenvalue weighted by molar-refractivity contribution is -0.183. The number of nitrogens with two attached hydrogens (primary N) is 1. The number of aromatic nitrogens is 1. The van der Waals surface area contributed by atoms with Crippen LogP contribution in [0.2, 0.25) is 0 Å². The van der Waals surface area contributed by atoms with E-state index in [-0.39, 0.29) is 24.6 Å². The predicted octanol–water partition coefficient (Wildman–Crippen LogP) is 4.06. The Bertz CT molecular complexity index is 565. The Morgan fingerprint density at radius 2 is 1.74 bits per heavy atom. The molecule has 0 bridgehead atoms. The largest absolute Gasteiger partial charge is 0.480 e. The lowest BCUT2D eigenvalue weighted by atomic mass is 9.81. The molecule has 0 atom stereocenters. The van der Waals surface area contributed by atoms with Crippen LogP contribution < -0.4 is 15.2 Å². The lowest BCUT2D eigenvalue weighted by Crippen LogP contribution is -2.27. The fourth-order valence-electron chi connectivity index (χ4n) is 2.84. The summed E-state index contributed by atoms with van der Waals surface area (Å²) in [4.78, 5) is 4.15. The summed E-state index contributed by atoms with van der Waals surface area (Å²) in [5, 5.41) is 0. The van der Waals surface area contributed by atoms with Crippen molar-refractivity contribution in [2.24, 2.45) is 11.8 Å². The standard InChI is InChI=1S/C16H21F3N2O2/c1-22-14-11(9-13(20)15(21-14)23-2)6-3-10-4-7-12(8-5-10)16(17,18)19/h3,6,9-10,12H,4-5,7-8,20H2,1-2H3/b6-3+. The quantitative estimate of drug-likeness (QED) is 0.904. The van der Waals surface area contributed by atoms with Crippen molar-refractivity contribution in [1.29, 1.82) is 0 Å². The van der Waals surface area contributed by atoms with Crippen molar-refractivity contribution >= 4 is 11.8 Å². The number of nitrogen functional groups attached to an aromatic ring is 1. The van der Waals surface area contributed by atoms with Gasteiger partial charge in [0.25, 0.3) is 0 Å². The maximum absolute atomic E-state index is 12.7. The topological polar surface area (TPSA) is 57.4 Å². The Morgan fingerprint density at radius 1 is 1.13 bits per heavy atom. The number of allylic oxidation sites excluding steroid dienone is 1. The molecule has 1 heterocycles. The van der Waals surface area contributed by atoms with E-state index in [0.29, 0.717) is 30.0 Å². The van der Waals surface area contributed by atoms with Gasteiger partial charge in [0.2, 0.25) is 11.8 Å². The Kier molecular flexibility index (Phi) is 5.38. The molecule has 0 radical (unpaired) electrons. The second-order valence-electron chi connectivity index (χ2n) is 5.70. The second-order valence-corrected chi connectivity index (χ2v) is 5.70. The van der Waals surface area contributed by atoms with Gasteiger partial charge < -0.3 is 15.2 Å². The smallest absolute Gasteiger partial charge is 0.391 e. The van der Waals surface area contributed by atoms with Crippen molar-refractivity contribution in [3.63, 3.8) is 0 Å². The van der Waals surface area contributed by atoms with E-state index in [0.717, 1.165) is 0 Å². The van der Waals surface area contributed by atoms with Crippen LogP contribution in [0.3, 0.4) is 0 Å². The van der Waals surface area contributed by atoms with Crippen molar-refractivity contribution in [2.45, 2.75) is 31.9 Å². The number of rotatable bonds is 4. The van der Waals surface area contributed by atoms with Crippen molar-refractivity contribution in [3.05, 3.63) is 17.7 Å². The Hall–Kier alpha value is -1.92. The minimum Gasteiger partial charge on any atom is -0.480 e. The SMILES string of the molecule is COc1nc(OC)c(/C=C/C2CCC(C(F)(F)F)CC2)cc1N. The summed E-state index contributed by atoms with van der Waals surface area (Å²) >= 11 is 0. The number of hydrogen-bond donors (Lipinski definition) is 1. The number of methoxy groups -OCH3 is 2. The molecule has 7 heteroatoms. The maximum atomic E-state index is 12.7. The average molecular weight is 330 g/mol. The van der Waals surface area contributed by atoms with Crippen LogP contribution >= 0.6 is 0 Å². The van der Waals surface area contributed by atoms with Crippen LogP contribution in [0, 0.1) is 11.8 Å². The summed E-state index contributed by atoms with van der Waals surface area (Å²) in [7, 11) is 2.95. The first kappa shape index (κ1) is 17.4. The summed E-state index contributed by atoms with van der Waals surface area (Å²) in [5.41, 5.74) is 6.90. The molecule has 0 spiro atoms. The number of anilines is 1. The Labute approximate surface area is 133 Å². The first-order valence-electron chi connectivity index (χ1n) is 7.48. The van der Waals surface area contributed by atoms with Crippen LogP contribution in [-0.4, -0.2) is 25.4 Å². The summed E-state index contributed by atoms with van der Waals surface area (Å²) < 4.78 is 48.2. The van der Waals surface area contributed by atoms with Gasteiger partial charge in [-0.05, 0) is 37.7 Å². The molecule has 2 N–H and O–H groups in total. The van der Waals surface area contributed by atoms with Gasteiger partial charge in [-0.1, -0.05) is 12.2 Å². The predicted molar refractivity (Wildman–Crippen MR) is 82.3 cm³/mol. The van der Waals surface area contributed by atoms with E-state index in [2.05, 4.69) is 4.98 Å². The average Bonchev–Trinajstić information content (AvgIpc) is 2.52. The van der Waals surface area contributed by atoms with Crippen LogP contribution in [0.25, 0.3) is 6.08 Å². The second kappa shape index (κ2) is 7.10. The molecule has 0 aromatic carbocycles. The molecule has 1 aliphatic rings. The van der Waals surface area contributed by atoms with Gasteiger partial charge in [0.15, 0.2) is 0 Å². The molecule has 1 saturated carbocycles. The van der Waals surface area contributed by atoms with Crippen LogP contribution in [0.15, 0.2) is 12.1 Å². The molecule has 4 nitrogen and oxygen atoms in total. The number of hydrogen-bond acceptors (Lipinski definition) is 4. The molecule has 1 aromatic rings. The van der Waals surface area contributed by atoms with Gasteiger partial charge >= 0.3 is 6.18 Å². The first-order valence-corrected chi connectivity index (χ1v) is 7.48. The van der Waals surface area contributed by atoms with E-state index in [1.165, 1.54) is 14.2 Å². The van der Waals surface area contributed by atoms with E-state index in [9.17, 15) is 13.2 Å². The summed E-state index contributed by atoms with van der Waals surface area (Å²) in [5.74, 6) is -0.387. The van der Waals surface area contributed by atoms with Gasteiger partial charge in [-0.2, -0.15) is 18.2 Å². The third kappa shape index (κ3) is 4.30. The van der Waals surface area contributed by atoms with Crippen molar-refractivity contribution in [1.82, 2.24) is 4.98 Å². The zero-order valence-corrected chi connectivity index (χ0v) is 13.2. The Balaban J connectivity index is 2.05. The highest BCUT2D eigenvalue weighted by molar-refractivity contribution is 5.63. The molecule has 1 fully saturated rings. The van der Waals surface area contributed by atoms with Gasteiger partial charge in [0, 0.05) is 5.56 Å². The summed E-state index contributed by atoms with van der Waals surface area (Å²) in [6.07, 6.45) is 1.06. The molecular weight excluding hydrogens is 309 g/mol. The highest BCUT2D eigenvalue weighted by Gasteiger charge is 2.40. The van der Waals surface area contributed by atoms with Crippen LogP contribution in [-0.2, 0) is 0 Å². The zero-order valence-electron chi connectivity index (χ0n) is 13.2. The molecule has 0 amide bonds. The minimum absolute atomic E-state index is 0.127. The van der Waals surface area contributed by atoms with Gasteiger partial charge in [-0.25, -0.2) is 0 Å². The number of halogens is 3. The summed E-state index contributed by atoms with van der Waals surface area (Å²) in [6, 6.07) is 1.68. The molecule has 0 unspecified atom stereocenters. The third-order valence-electron chi connectivity index (χ3n) is 4.18. The highest BCUT2D eigenvalue weighted by atomic mass is 19.4. The van der Waals surface area contributed by atoms with Crippen molar-refractivity contribution in [3.8, 4) is 11.8 Å². The maximum Gasteiger partial charge on any atom is 0.391 e. The van der Waals surface area contributed by atoms with Gasteiger partial charge in [-0.15, -0.1) is 0 Å². The molecule has 23 heavy (non-hydrogen) atoms. The van der Waals surface area contributed by atoms with Crippen LogP contribution in [0.1, 0.15) is 31.2 Å². The van der Waals surface area contributed by atoms with Gasteiger partial charge in [-0.3, -0.25) is 0 Å². The number of ether oxygens (including phenoxy) is 2. The van der Waals surface area contributed by atoms with E-state index < -0.39 is 12.1 Å². The zero-order chi connectivity index (χ0) is 17.0.